The number of hydrogen-bond donors (Lipinski definition) is 1. The Balaban J connectivity index is 4.36. The number of carbonyl (C=O) groups is 2. The third-order valence-corrected chi connectivity index (χ3v) is 1.83. The smallest absolute Gasteiger partial charge is 0.341 e. The number of rotatable bonds is 4. The molecule has 0 aromatic heterocycles. The summed E-state index contributed by atoms with van der Waals surface area (Å²) in [6.45, 7) is 9.93. The van der Waals surface area contributed by atoms with Gasteiger partial charge in [-0.1, -0.05) is 0 Å². The number of halogens is 1. The highest BCUT2D eigenvalue weighted by Gasteiger charge is 2.30. The first-order chi connectivity index (χ1) is 8.32. The van der Waals surface area contributed by atoms with E-state index in [2.05, 4.69) is 0 Å². The Morgan fingerprint density at radius 1 is 1.00 bits per heavy atom. The summed E-state index contributed by atoms with van der Waals surface area (Å²) in [6.07, 6.45) is -2.40. The molecule has 0 aliphatic heterocycles. The molecule has 2 unspecified atom stereocenters. The highest BCUT2D eigenvalue weighted by atomic mass is 19.1. The van der Waals surface area contributed by atoms with Crippen LogP contribution < -0.4 is 5.73 Å². The molecule has 0 amide bonds. The van der Waals surface area contributed by atoms with Gasteiger partial charge in [0.15, 0.2) is 6.17 Å². The van der Waals surface area contributed by atoms with Gasteiger partial charge in [-0.2, -0.15) is 0 Å². The molecule has 0 spiro atoms. The molecule has 0 aromatic rings. The lowest BCUT2D eigenvalue weighted by Gasteiger charge is -2.24. The fourth-order valence-corrected chi connectivity index (χ4v) is 1.16. The summed E-state index contributed by atoms with van der Waals surface area (Å²) in [7, 11) is 0. The van der Waals surface area contributed by atoms with Gasteiger partial charge >= 0.3 is 11.9 Å². The third kappa shape index (κ3) is 8.53. The van der Waals surface area contributed by atoms with Crippen LogP contribution in [0.3, 0.4) is 0 Å². The number of carbonyl (C=O) groups excluding carboxylic acids is 2. The van der Waals surface area contributed by atoms with Crippen molar-refractivity contribution in [1.82, 2.24) is 0 Å². The van der Waals surface area contributed by atoms with Crippen molar-refractivity contribution in [2.75, 3.05) is 0 Å². The lowest BCUT2D eigenvalue weighted by molar-refractivity contribution is -0.163. The first kappa shape index (κ1) is 17.8. The van der Waals surface area contributed by atoms with Crippen LogP contribution in [0.1, 0.15) is 48.0 Å². The predicted octanol–water partition coefficient (Wildman–Crippen LogP) is 1.73. The van der Waals surface area contributed by atoms with Crippen LogP contribution in [0, 0.1) is 0 Å². The quantitative estimate of drug-likeness (QED) is 0.792. The average Bonchev–Trinajstić information content (AvgIpc) is 2.11. The molecule has 0 saturated heterocycles. The van der Waals surface area contributed by atoms with Crippen LogP contribution in [0.4, 0.5) is 4.39 Å². The molecule has 0 bridgehead atoms. The van der Waals surface area contributed by atoms with E-state index in [-0.39, 0.29) is 0 Å². The minimum absolute atomic E-state index is 0.455. The molecular weight excluding hydrogens is 253 g/mol. The first-order valence-corrected chi connectivity index (χ1v) is 6.17. The van der Waals surface area contributed by atoms with Crippen molar-refractivity contribution in [3.63, 3.8) is 0 Å². The highest BCUT2D eigenvalue weighted by molar-refractivity contribution is 5.79. The molecular formula is C13H24FNO4. The second-order valence-corrected chi connectivity index (χ2v) is 6.38. The zero-order valence-corrected chi connectivity index (χ0v) is 12.5. The normalized spacial score (nSPS) is 15.6. The molecule has 2 atom stereocenters. The van der Waals surface area contributed by atoms with Gasteiger partial charge in [-0.25, -0.2) is 9.18 Å². The maximum absolute atomic E-state index is 13.6. The second-order valence-electron chi connectivity index (χ2n) is 6.38. The minimum Gasteiger partial charge on any atom is -0.459 e. The maximum atomic E-state index is 13.6. The van der Waals surface area contributed by atoms with Crippen LogP contribution in [0.5, 0.6) is 0 Å². The molecule has 0 aromatic carbocycles. The highest BCUT2D eigenvalue weighted by Crippen LogP contribution is 2.14. The summed E-state index contributed by atoms with van der Waals surface area (Å²) in [6, 6.07) is -1.19. The van der Waals surface area contributed by atoms with E-state index in [9.17, 15) is 14.0 Å². The summed E-state index contributed by atoms with van der Waals surface area (Å²) in [5, 5.41) is 0. The molecule has 112 valence electrons. The van der Waals surface area contributed by atoms with Gasteiger partial charge in [0.05, 0.1) is 0 Å². The van der Waals surface area contributed by atoms with E-state index in [1.165, 1.54) is 0 Å². The van der Waals surface area contributed by atoms with Crippen LogP contribution in [0.15, 0.2) is 0 Å². The Labute approximate surface area is 113 Å². The van der Waals surface area contributed by atoms with Gasteiger partial charge in [0.1, 0.15) is 17.2 Å². The van der Waals surface area contributed by atoms with Crippen LogP contribution in [-0.4, -0.2) is 35.4 Å². The van der Waals surface area contributed by atoms with E-state index in [0.717, 1.165) is 0 Å². The van der Waals surface area contributed by atoms with Crippen LogP contribution in [-0.2, 0) is 19.1 Å². The Morgan fingerprint density at radius 3 is 1.74 bits per heavy atom. The number of ether oxygens (including phenoxy) is 2. The molecule has 0 aliphatic carbocycles. The largest absolute Gasteiger partial charge is 0.459 e. The first-order valence-electron chi connectivity index (χ1n) is 6.17. The average molecular weight is 277 g/mol. The maximum Gasteiger partial charge on any atom is 0.341 e. The summed E-state index contributed by atoms with van der Waals surface area (Å²) in [4.78, 5) is 22.9. The molecule has 0 fully saturated rings. The van der Waals surface area contributed by atoms with E-state index in [0.29, 0.717) is 0 Å². The van der Waals surface area contributed by atoms with Crippen molar-refractivity contribution in [3.8, 4) is 0 Å². The number of nitrogens with two attached hydrogens (primary N) is 1. The van der Waals surface area contributed by atoms with E-state index >= 15 is 0 Å². The fourth-order valence-electron chi connectivity index (χ4n) is 1.16. The molecule has 0 aliphatic rings. The SMILES string of the molecule is CC(C)(C)OC(=O)C(N)CC(F)C(=O)OC(C)(C)C. The van der Waals surface area contributed by atoms with Gasteiger partial charge in [0.25, 0.3) is 0 Å². The van der Waals surface area contributed by atoms with Crippen LogP contribution in [0.25, 0.3) is 0 Å². The van der Waals surface area contributed by atoms with E-state index in [4.69, 9.17) is 15.2 Å². The Kier molecular flexibility index (Phi) is 5.93. The Hall–Kier alpha value is -1.17. The van der Waals surface area contributed by atoms with Crippen molar-refractivity contribution < 1.29 is 23.5 Å². The van der Waals surface area contributed by atoms with Crippen molar-refractivity contribution in [2.45, 2.75) is 71.4 Å². The molecule has 2 N–H and O–H groups in total. The Bertz CT molecular complexity index is 299. The summed E-state index contributed by atoms with van der Waals surface area (Å²) in [5.74, 6) is -1.76. The topological polar surface area (TPSA) is 78.6 Å². The van der Waals surface area contributed by atoms with Gasteiger partial charge < -0.3 is 15.2 Å². The zero-order chi connectivity index (χ0) is 15.4. The number of alkyl halides is 1. The van der Waals surface area contributed by atoms with Gasteiger partial charge in [-0.15, -0.1) is 0 Å². The lowest BCUT2D eigenvalue weighted by Crippen LogP contribution is -2.41. The third-order valence-electron chi connectivity index (χ3n) is 1.83. The molecule has 6 heteroatoms. The Morgan fingerprint density at radius 2 is 1.37 bits per heavy atom. The molecule has 0 saturated carbocycles. The summed E-state index contributed by atoms with van der Waals surface area (Å²) in [5.41, 5.74) is 4.02. The van der Waals surface area contributed by atoms with Crippen LogP contribution in [0.2, 0.25) is 0 Å². The minimum atomic E-state index is -1.94. The number of hydrogen-bond acceptors (Lipinski definition) is 5. The van der Waals surface area contributed by atoms with E-state index in [1.54, 1.807) is 41.5 Å². The summed E-state index contributed by atoms with van der Waals surface area (Å²) >= 11 is 0. The van der Waals surface area contributed by atoms with Gasteiger partial charge in [0, 0.05) is 6.42 Å². The lowest BCUT2D eigenvalue weighted by atomic mass is 10.1. The molecule has 0 heterocycles. The molecule has 0 rings (SSSR count). The molecule has 5 nitrogen and oxygen atoms in total. The van der Waals surface area contributed by atoms with Gasteiger partial charge in [-0.05, 0) is 41.5 Å². The monoisotopic (exact) mass is 277 g/mol. The molecule has 19 heavy (non-hydrogen) atoms. The van der Waals surface area contributed by atoms with E-state index in [1.807, 2.05) is 0 Å². The van der Waals surface area contributed by atoms with Gasteiger partial charge in [-0.3, -0.25) is 4.79 Å². The summed E-state index contributed by atoms with van der Waals surface area (Å²) < 4.78 is 23.5. The predicted molar refractivity (Wildman–Crippen MR) is 69.2 cm³/mol. The second kappa shape index (κ2) is 6.32. The van der Waals surface area contributed by atoms with Crippen LogP contribution >= 0.6 is 0 Å². The van der Waals surface area contributed by atoms with Crippen molar-refractivity contribution in [1.29, 1.82) is 0 Å². The zero-order valence-electron chi connectivity index (χ0n) is 12.5. The number of esters is 2. The van der Waals surface area contributed by atoms with Crippen molar-refractivity contribution >= 4 is 11.9 Å². The standard InChI is InChI=1S/C13H24FNO4/c1-12(2,3)18-10(16)8(14)7-9(15)11(17)19-13(4,5)6/h8-9H,7,15H2,1-6H3. The van der Waals surface area contributed by atoms with E-state index < -0.39 is 41.8 Å². The van der Waals surface area contributed by atoms with Crippen molar-refractivity contribution in [3.05, 3.63) is 0 Å². The fraction of sp³-hybridized carbons (Fsp3) is 0.846. The van der Waals surface area contributed by atoms with Crippen molar-refractivity contribution in [2.24, 2.45) is 5.73 Å². The van der Waals surface area contributed by atoms with Gasteiger partial charge in [0.2, 0.25) is 0 Å². The molecule has 0 radical (unpaired) electrons.